The summed E-state index contributed by atoms with van der Waals surface area (Å²) >= 11 is 0. The summed E-state index contributed by atoms with van der Waals surface area (Å²) in [6.07, 6.45) is 0.653. The predicted octanol–water partition coefficient (Wildman–Crippen LogP) is 1.92. The molecule has 0 radical (unpaired) electrons. The molecule has 4 heteroatoms. The van der Waals surface area contributed by atoms with E-state index < -0.39 is 0 Å². The number of anilines is 1. The minimum Gasteiger partial charge on any atom is -0.396 e. The van der Waals surface area contributed by atoms with Crippen molar-refractivity contribution >= 4 is 5.69 Å². The molecule has 0 saturated heterocycles. The maximum absolute atomic E-state index is 13.1. The Bertz CT molecular complexity index is 355. The molecule has 1 rings (SSSR count). The van der Waals surface area contributed by atoms with Gasteiger partial charge in [0.25, 0.3) is 0 Å². The lowest BCUT2D eigenvalue weighted by molar-refractivity contribution is 0.280. The molecule has 0 saturated carbocycles. The minimum absolute atomic E-state index is 0.124. The Labute approximate surface area is 101 Å². The molecule has 0 bridgehead atoms. The van der Waals surface area contributed by atoms with Crippen LogP contribution < -0.4 is 4.90 Å². The van der Waals surface area contributed by atoms with Crippen molar-refractivity contribution in [3.05, 3.63) is 29.6 Å². The molecule has 0 fully saturated rings. The van der Waals surface area contributed by atoms with Gasteiger partial charge >= 0.3 is 0 Å². The van der Waals surface area contributed by atoms with E-state index in [1.165, 1.54) is 12.1 Å². The van der Waals surface area contributed by atoms with Crippen LogP contribution in [0.1, 0.15) is 25.8 Å². The summed E-state index contributed by atoms with van der Waals surface area (Å²) in [6, 6.07) is 4.65. The fourth-order valence-corrected chi connectivity index (χ4v) is 1.86. The minimum atomic E-state index is -0.344. The van der Waals surface area contributed by atoms with Gasteiger partial charge in [-0.25, -0.2) is 4.39 Å². The molecule has 0 amide bonds. The van der Waals surface area contributed by atoms with E-state index in [9.17, 15) is 9.50 Å². The zero-order valence-electron chi connectivity index (χ0n) is 10.4. The van der Waals surface area contributed by atoms with Gasteiger partial charge in [0.2, 0.25) is 0 Å². The molecule has 0 unspecified atom stereocenters. The number of rotatable bonds is 6. The van der Waals surface area contributed by atoms with E-state index in [2.05, 4.69) is 4.90 Å². The molecule has 0 spiro atoms. The normalized spacial score (nSPS) is 10.9. The fraction of sp³-hybridized carbons (Fsp3) is 0.538. The second-order valence-corrected chi connectivity index (χ2v) is 4.30. The Hall–Kier alpha value is -1.13. The molecule has 17 heavy (non-hydrogen) atoms. The van der Waals surface area contributed by atoms with Crippen molar-refractivity contribution in [3.8, 4) is 0 Å². The van der Waals surface area contributed by atoms with E-state index in [0.717, 1.165) is 5.69 Å². The first-order chi connectivity index (χ1) is 8.10. The highest BCUT2D eigenvalue weighted by atomic mass is 19.1. The highest BCUT2D eigenvalue weighted by Gasteiger charge is 2.14. The standard InChI is InChI=1S/C13H20FNO2/c1-10(2)15(6-3-7-16)13-5-4-12(14)8-11(13)9-17/h4-5,8,10,16-17H,3,6-7,9H2,1-2H3. The molecule has 0 heterocycles. The van der Waals surface area contributed by atoms with Crippen LogP contribution in [0, 0.1) is 5.82 Å². The highest BCUT2D eigenvalue weighted by Crippen LogP contribution is 2.24. The predicted molar refractivity (Wildman–Crippen MR) is 66.5 cm³/mol. The summed E-state index contributed by atoms with van der Waals surface area (Å²) in [5.74, 6) is -0.344. The van der Waals surface area contributed by atoms with Gasteiger partial charge in [-0.05, 0) is 38.5 Å². The molecule has 0 aliphatic carbocycles. The lowest BCUT2D eigenvalue weighted by Gasteiger charge is -2.30. The Balaban J connectivity index is 3.00. The Morgan fingerprint density at radius 3 is 2.53 bits per heavy atom. The molecule has 2 N–H and O–H groups in total. The molecular weight excluding hydrogens is 221 g/mol. The van der Waals surface area contributed by atoms with Gasteiger partial charge in [0, 0.05) is 30.4 Å². The second kappa shape index (κ2) is 6.57. The first-order valence-corrected chi connectivity index (χ1v) is 5.87. The van der Waals surface area contributed by atoms with Gasteiger partial charge in [0.15, 0.2) is 0 Å². The summed E-state index contributed by atoms with van der Waals surface area (Å²) in [6.45, 7) is 4.69. The van der Waals surface area contributed by atoms with E-state index >= 15 is 0 Å². The monoisotopic (exact) mass is 241 g/mol. The van der Waals surface area contributed by atoms with Gasteiger partial charge in [-0.3, -0.25) is 0 Å². The number of hydrogen-bond donors (Lipinski definition) is 2. The van der Waals surface area contributed by atoms with Crippen LogP contribution >= 0.6 is 0 Å². The van der Waals surface area contributed by atoms with E-state index in [1.54, 1.807) is 6.07 Å². The van der Waals surface area contributed by atoms with Crippen molar-refractivity contribution in [1.82, 2.24) is 0 Å². The van der Waals surface area contributed by atoms with Crippen LogP contribution in [0.4, 0.5) is 10.1 Å². The van der Waals surface area contributed by atoms with Crippen molar-refractivity contribution in [3.63, 3.8) is 0 Å². The van der Waals surface area contributed by atoms with Crippen molar-refractivity contribution in [2.45, 2.75) is 32.9 Å². The van der Waals surface area contributed by atoms with Gasteiger partial charge < -0.3 is 15.1 Å². The van der Waals surface area contributed by atoms with Crippen molar-refractivity contribution in [2.75, 3.05) is 18.1 Å². The molecule has 1 aromatic rings. The van der Waals surface area contributed by atoms with Crippen LogP contribution in [0.25, 0.3) is 0 Å². The smallest absolute Gasteiger partial charge is 0.123 e. The van der Waals surface area contributed by atoms with Gasteiger partial charge in [-0.2, -0.15) is 0 Å². The molecule has 0 aliphatic heterocycles. The number of nitrogens with zero attached hydrogens (tertiary/aromatic N) is 1. The zero-order valence-corrected chi connectivity index (χ0v) is 10.4. The van der Waals surface area contributed by atoms with Crippen LogP contribution in [0.2, 0.25) is 0 Å². The largest absolute Gasteiger partial charge is 0.396 e. The third kappa shape index (κ3) is 3.68. The topological polar surface area (TPSA) is 43.7 Å². The van der Waals surface area contributed by atoms with Gasteiger partial charge in [0.1, 0.15) is 5.82 Å². The van der Waals surface area contributed by atoms with Gasteiger partial charge in [-0.15, -0.1) is 0 Å². The number of aliphatic hydroxyl groups excluding tert-OH is 2. The molecule has 0 aromatic heterocycles. The molecule has 1 aromatic carbocycles. The average Bonchev–Trinajstić information content (AvgIpc) is 2.30. The van der Waals surface area contributed by atoms with Crippen molar-refractivity contribution in [2.24, 2.45) is 0 Å². The number of hydrogen-bond acceptors (Lipinski definition) is 3. The molecule has 96 valence electrons. The molecule has 0 atom stereocenters. The highest BCUT2D eigenvalue weighted by molar-refractivity contribution is 5.54. The maximum atomic E-state index is 13.1. The summed E-state index contributed by atoms with van der Waals surface area (Å²) in [7, 11) is 0. The van der Waals surface area contributed by atoms with Crippen molar-refractivity contribution in [1.29, 1.82) is 0 Å². The first kappa shape index (κ1) is 13.9. The Morgan fingerprint density at radius 1 is 1.29 bits per heavy atom. The SMILES string of the molecule is CC(C)N(CCCO)c1ccc(F)cc1CO. The fourth-order valence-electron chi connectivity index (χ4n) is 1.86. The summed E-state index contributed by atoms with van der Waals surface area (Å²) in [5, 5.41) is 18.1. The van der Waals surface area contributed by atoms with E-state index in [4.69, 9.17) is 5.11 Å². The number of halogens is 1. The summed E-state index contributed by atoms with van der Waals surface area (Å²) in [5.41, 5.74) is 1.41. The first-order valence-electron chi connectivity index (χ1n) is 5.87. The zero-order chi connectivity index (χ0) is 12.8. The maximum Gasteiger partial charge on any atom is 0.123 e. The van der Waals surface area contributed by atoms with E-state index in [0.29, 0.717) is 18.5 Å². The van der Waals surface area contributed by atoms with Crippen molar-refractivity contribution < 1.29 is 14.6 Å². The average molecular weight is 241 g/mol. The van der Waals surface area contributed by atoms with Crippen LogP contribution in [0.3, 0.4) is 0 Å². The third-order valence-corrected chi connectivity index (χ3v) is 2.70. The van der Waals surface area contributed by atoms with E-state index in [1.807, 2.05) is 13.8 Å². The Kier molecular flexibility index (Phi) is 5.38. The lowest BCUT2D eigenvalue weighted by Crippen LogP contribution is -2.33. The molecule has 0 aliphatic rings. The third-order valence-electron chi connectivity index (χ3n) is 2.70. The molecule has 3 nitrogen and oxygen atoms in total. The summed E-state index contributed by atoms with van der Waals surface area (Å²) in [4.78, 5) is 2.06. The second-order valence-electron chi connectivity index (χ2n) is 4.30. The van der Waals surface area contributed by atoms with Crippen LogP contribution in [0.15, 0.2) is 18.2 Å². The van der Waals surface area contributed by atoms with Crippen LogP contribution in [0.5, 0.6) is 0 Å². The quantitative estimate of drug-likeness (QED) is 0.799. The van der Waals surface area contributed by atoms with Gasteiger partial charge in [-0.1, -0.05) is 0 Å². The molecular formula is C13H20FNO2. The van der Waals surface area contributed by atoms with Crippen LogP contribution in [-0.2, 0) is 6.61 Å². The number of aliphatic hydroxyl groups is 2. The number of benzene rings is 1. The summed E-state index contributed by atoms with van der Waals surface area (Å²) < 4.78 is 13.1. The van der Waals surface area contributed by atoms with E-state index in [-0.39, 0.29) is 25.1 Å². The Morgan fingerprint density at radius 2 is 2.00 bits per heavy atom. The van der Waals surface area contributed by atoms with Gasteiger partial charge in [0.05, 0.1) is 6.61 Å². The van der Waals surface area contributed by atoms with Crippen LogP contribution in [-0.4, -0.2) is 29.4 Å². The lowest BCUT2D eigenvalue weighted by atomic mass is 10.1.